The standard InChI is InChI=1S/C53H34N4O/c1-2-7-37(8-3-1)47-33-50(56-49-10-6-29-55-53(47)49)38-18-25-45(26-19-38)57(43-21-14-35(15-22-43)39-12-13-42-34-54-30-28-41(42)31-39)44-23-16-36(17-24-44)40-20-27-52-48(32-40)46-9-4-5-11-51(46)58-52/h1-34H. The monoisotopic (exact) mass is 742 g/mol. The highest BCUT2D eigenvalue weighted by Gasteiger charge is 2.16. The van der Waals surface area contributed by atoms with Gasteiger partial charge in [0, 0.05) is 62.9 Å². The quantitative estimate of drug-likeness (QED) is 0.163. The third kappa shape index (κ3) is 6.03. The van der Waals surface area contributed by atoms with Gasteiger partial charge in [-0.1, -0.05) is 103 Å². The molecule has 0 spiro atoms. The van der Waals surface area contributed by atoms with E-state index in [1.165, 1.54) is 10.9 Å². The molecule has 5 nitrogen and oxygen atoms in total. The predicted molar refractivity (Wildman–Crippen MR) is 239 cm³/mol. The van der Waals surface area contributed by atoms with Crippen LogP contribution in [0.2, 0.25) is 0 Å². The van der Waals surface area contributed by atoms with Gasteiger partial charge in [0.25, 0.3) is 0 Å². The average molecular weight is 743 g/mol. The summed E-state index contributed by atoms with van der Waals surface area (Å²) in [7, 11) is 0. The molecule has 0 amide bonds. The maximum atomic E-state index is 6.11. The van der Waals surface area contributed by atoms with Crippen molar-refractivity contribution in [3.63, 3.8) is 0 Å². The lowest BCUT2D eigenvalue weighted by Crippen LogP contribution is -2.09. The Kier molecular flexibility index (Phi) is 8.07. The maximum Gasteiger partial charge on any atom is 0.135 e. The Morgan fingerprint density at radius 1 is 0.414 bits per heavy atom. The Hall–Kier alpha value is -7.89. The van der Waals surface area contributed by atoms with E-state index in [0.717, 1.165) is 94.5 Å². The molecule has 11 aromatic rings. The van der Waals surface area contributed by atoms with Crippen molar-refractivity contribution in [2.45, 2.75) is 0 Å². The van der Waals surface area contributed by atoms with Gasteiger partial charge < -0.3 is 9.32 Å². The van der Waals surface area contributed by atoms with Gasteiger partial charge in [0.1, 0.15) is 11.2 Å². The molecule has 0 fully saturated rings. The molecular weight excluding hydrogens is 709 g/mol. The zero-order valence-corrected chi connectivity index (χ0v) is 31.3. The van der Waals surface area contributed by atoms with Gasteiger partial charge in [0.05, 0.1) is 16.7 Å². The second-order valence-electron chi connectivity index (χ2n) is 14.5. The van der Waals surface area contributed by atoms with Crippen LogP contribution in [0.1, 0.15) is 0 Å². The predicted octanol–water partition coefficient (Wildman–Crippen LogP) is 14.2. The molecule has 272 valence electrons. The first-order valence-electron chi connectivity index (χ1n) is 19.4. The van der Waals surface area contributed by atoms with E-state index in [1.807, 2.05) is 48.9 Å². The second kappa shape index (κ2) is 14.0. The molecule has 0 atom stereocenters. The minimum atomic E-state index is 0.868. The molecule has 58 heavy (non-hydrogen) atoms. The average Bonchev–Trinajstić information content (AvgIpc) is 3.68. The Morgan fingerprint density at radius 2 is 1.05 bits per heavy atom. The SMILES string of the molecule is c1ccc(-c2cc(-c3ccc(N(c4ccc(-c5ccc6cnccc6c5)cc4)c4ccc(-c5ccc6oc7ccccc7c6c5)cc4)cc3)nc3cccnc23)cc1. The largest absolute Gasteiger partial charge is 0.456 e. The van der Waals surface area contributed by atoms with Crippen LogP contribution in [0.15, 0.2) is 211 Å². The Labute approximate surface area is 335 Å². The Bertz CT molecular complexity index is 3260. The summed E-state index contributed by atoms with van der Waals surface area (Å²) in [5, 5.41) is 4.55. The number of anilines is 3. The zero-order chi connectivity index (χ0) is 38.4. The summed E-state index contributed by atoms with van der Waals surface area (Å²) >= 11 is 0. The highest BCUT2D eigenvalue weighted by molar-refractivity contribution is 6.06. The van der Waals surface area contributed by atoms with E-state index in [-0.39, 0.29) is 0 Å². The topological polar surface area (TPSA) is 55.1 Å². The lowest BCUT2D eigenvalue weighted by molar-refractivity contribution is 0.669. The van der Waals surface area contributed by atoms with E-state index in [2.05, 4.69) is 168 Å². The number of hydrogen-bond donors (Lipinski definition) is 0. The van der Waals surface area contributed by atoms with Crippen LogP contribution >= 0.6 is 0 Å². The summed E-state index contributed by atoms with van der Waals surface area (Å²) in [6.07, 6.45) is 5.58. The van der Waals surface area contributed by atoms with Gasteiger partial charge >= 0.3 is 0 Å². The summed E-state index contributed by atoms with van der Waals surface area (Å²) in [4.78, 5) is 16.4. The lowest BCUT2D eigenvalue weighted by atomic mass is 10.00. The molecule has 0 saturated heterocycles. The van der Waals surface area contributed by atoms with Crippen molar-refractivity contribution in [1.82, 2.24) is 15.0 Å². The second-order valence-corrected chi connectivity index (χ2v) is 14.5. The minimum Gasteiger partial charge on any atom is -0.456 e. The van der Waals surface area contributed by atoms with Crippen molar-refractivity contribution < 1.29 is 4.42 Å². The number of rotatable bonds is 7. The number of furan rings is 1. The van der Waals surface area contributed by atoms with E-state index >= 15 is 0 Å². The van der Waals surface area contributed by atoms with Crippen molar-refractivity contribution in [2.24, 2.45) is 0 Å². The molecule has 4 aromatic heterocycles. The van der Waals surface area contributed by atoms with Gasteiger partial charge in [-0.3, -0.25) is 9.97 Å². The smallest absolute Gasteiger partial charge is 0.135 e. The van der Waals surface area contributed by atoms with Gasteiger partial charge in [0.15, 0.2) is 0 Å². The molecule has 0 aliphatic heterocycles. The highest BCUT2D eigenvalue weighted by atomic mass is 16.3. The molecule has 0 unspecified atom stereocenters. The maximum absolute atomic E-state index is 6.11. The van der Waals surface area contributed by atoms with Crippen molar-refractivity contribution in [2.75, 3.05) is 4.90 Å². The van der Waals surface area contributed by atoms with Crippen molar-refractivity contribution >= 4 is 60.8 Å². The molecule has 0 bridgehead atoms. The fourth-order valence-corrected chi connectivity index (χ4v) is 8.05. The molecule has 11 rings (SSSR count). The summed E-state index contributed by atoms with van der Waals surface area (Å²) in [5.74, 6) is 0. The van der Waals surface area contributed by atoms with Crippen LogP contribution in [-0.4, -0.2) is 15.0 Å². The van der Waals surface area contributed by atoms with Gasteiger partial charge in [-0.05, 0) is 118 Å². The number of nitrogens with zero attached hydrogens (tertiary/aromatic N) is 4. The van der Waals surface area contributed by atoms with Crippen LogP contribution in [-0.2, 0) is 0 Å². The van der Waals surface area contributed by atoms with E-state index < -0.39 is 0 Å². The fraction of sp³-hybridized carbons (Fsp3) is 0. The van der Waals surface area contributed by atoms with Crippen LogP contribution in [0.3, 0.4) is 0 Å². The Morgan fingerprint density at radius 3 is 1.81 bits per heavy atom. The first kappa shape index (κ1) is 33.4. The van der Waals surface area contributed by atoms with Crippen LogP contribution in [0.4, 0.5) is 17.1 Å². The molecule has 7 aromatic carbocycles. The Balaban J connectivity index is 0.979. The fourth-order valence-electron chi connectivity index (χ4n) is 8.05. The molecule has 0 saturated carbocycles. The third-order valence-corrected chi connectivity index (χ3v) is 11.0. The third-order valence-electron chi connectivity index (χ3n) is 11.0. The number of pyridine rings is 3. The molecule has 5 heteroatoms. The summed E-state index contributed by atoms with van der Waals surface area (Å²) in [5.41, 5.74) is 15.4. The number of aromatic nitrogens is 3. The molecule has 0 aliphatic carbocycles. The van der Waals surface area contributed by atoms with E-state index in [9.17, 15) is 0 Å². The number of hydrogen-bond acceptors (Lipinski definition) is 5. The van der Waals surface area contributed by atoms with Gasteiger partial charge in [-0.15, -0.1) is 0 Å². The normalized spacial score (nSPS) is 11.4. The number of fused-ring (bicyclic) bond motifs is 5. The summed E-state index contributed by atoms with van der Waals surface area (Å²) < 4.78 is 6.11. The van der Waals surface area contributed by atoms with E-state index in [0.29, 0.717) is 0 Å². The van der Waals surface area contributed by atoms with Crippen LogP contribution in [0, 0.1) is 0 Å². The van der Waals surface area contributed by atoms with E-state index in [4.69, 9.17) is 14.4 Å². The van der Waals surface area contributed by atoms with Crippen LogP contribution in [0.5, 0.6) is 0 Å². The zero-order valence-electron chi connectivity index (χ0n) is 31.3. The number of benzene rings is 7. The molecule has 4 heterocycles. The molecular formula is C53H34N4O. The summed E-state index contributed by atoms with van der Waals surface area (Å²) in [6.45, 7) is 0. The minimum absolute atomic E-state index is 0.868. The molecule has 0 radical (unpaired) electrons. The lowest BCUT2D eigenvalue weighted by Gasteiger charge is -2.26. The van der Waals surface area contributed by atoms with Crippen molar-refractivity contribution in [3.8, 4) is 44.6 Å². The first-order chi connectivity index (χ1) is 28.7. The van der Waals surface area contributed by atoms with Crippen molar-refractivity contribution in [1.29, 1.82) is 0 Å². The van der Waals surface area contributed by atoms with Gasteiger partial charge in [-0.25, -0.2) is 4.98 Å². The summed E-state index contributed by atoms with van der Waals surface area (Å²) in [6, 6.07) is 66.1. The van der Waals surface area contributed by atoms with Crippen molar-refractivity contribution in [3.05, 3.63) is 207 Å². The molecule has 0 N–H and O–H groups in total. The van der Waals surface area contributed by atoms with Gasteiger partial charge in [0.2, 0.25) is 0 Å². The van der Waals surface area contributed by atoms with Crippen LogP contribution in [0.25, 0.3) is 88.4 Å². The number of para-hydroxylation sites is 1. The van der Waals surface area contributed by atoms with Crippen LogP contribution < -0.4 is 4.90 Å². The van der Waals surface area contributed by atoms with Gasteiger partial charge in [-0.2, -0.15) is 0 Å². The van der Waals surface area contributed by atoms with E-state index in [1.54, 1.807) is 0 Å². The molecule has 0 aliphatic rings. The highest BCUT2D eigenvalue weighted by Crippen LogP contribution is 2.39. The first-order valence-corrected chi connectivity index (χ1v) is 19.4.